The van der Waals surface area contributed by atoms with Crippen molar-refractivity contribution in [2.75, 3.05) is 11.9 Å². The molecule has 0 aromatic heterocycles. The average Bonchev–Trinajstić information content (AvgIpc) is 2.39. The zero-order valence-corrected chi connectivity index (χ0v) is 9.66. The van der Waals surface area contributed by atoms with Gasteiger partial charge in [0.05, 0.1) is 12.8 Å². The van der Waals surface area contributed by atoms with Crippen LogP contribution in [0.5, 0.6) is 5.75 Å². The largest absolute Gasteiger partial charge is 0.495 e. The highest BCUT2D eigenvalue weighted by Crippen LogP contribution is 2.30. The van der Waals surface area contributed by atoms with Gasteiger partial charge in [-0.3, -0.25) is 4.84 Å². The van der Waals surface area contributed by atoms with Crippen molar-refractivity contribution in [3.63, 3.8) is 0 Å². The van der Waals surface area contributed by atoms with Gasteiger partial charge in [-0.05, 0) is 23.3 Å². The summed E-state index contributed by atoms with van der Waals surface area (Å²) in [7, 11) is 1.62. The molecule has 0 spiro atoms. The first-order valence-electron chi connectivity index (χ1n) is 4.95. The van der Waals surface area contributed by atoms with Gasteiger partial charge in [-0.2, -0.15) is 0 Å². The van der Waals surface area contributed by atoms with E-state index < -0.39 is 0 Å². The summed E-state index contributed by atoms with van der Waals surface area (Å²) in [6, 6.07) is 16.0. The summed E-state index contributed by atoms with van der Waals surface area (Å²) in [5.74, 6) is 0.731. The topological polar surface area (TPSA) is 21.3 Å². The Balaban J connectivity index is 2.44. The Morgan fingerprint density at radius 3 is 2.38 bits per heavy atom. The Morgan fingerprint density at radius 2 is 1.75 bits per heavy atom. The lowest BCUT2D eigenvalue weighted by Gasteiger charge is -2.09. The molecule has 0 bridgehead atoms. The first-order valence-corrected chi connectivity index (χ1v) is 5.33. The van der Waals surface area contributed by atoms with Crippen LogP contribution in [-0.4, -0.2) is 7.11 Å². The maximum atomic E-state index is 5.64. The highest BCUT2D eigenvalue weighted by molar-refractivity contribution is 6.24. The highest BCUT2D eigenvalue weighted by Gasteiger charge is 2.04. The monoisotopic (exact) mass is 233 g/mol. The molecule has 2 aromatic rings. The van der Waals surface area contributed by atoms with Gasteiger partial charge in [0.2, 0.25) is 0 Å². The minimum Gasteiger partial charge on any atom is -0.495 e. The standard InChI is InChI=1S/C13H12ClNO/c1-16-13-8-7-11(9-12(13)15-14)10-5-3-2-4-6-10/h2-9,15H,1H3. The van der Waals surface area contributed by atoms with Crippen LogP contribution in [0.15, 0.2) is 48.5 Å². The predicted octanol–water partition coefficient (Wildman–Crippen LogP) is 3.93. The van der Waals surface area contributed by atoms with E-state index in [-0.39, 0.29) is 0 Å². The molecule has 0 unspecified atom stereocenters. The van der Waals surface area contributed by atoms with Crippen LogP contribution in [0.4, 0.5) is 5.69 Å². The van der Waals surface area contributed by atoms with E-state index in [9.17, 15) is 0 Å². The van der Waals surface area contributed by atoms with Crippen LogP contribution >= 0.6 is 11.8 Å². The van der Waals surface area contributed by atoms with Gasteiger partial charge in [-0.25, -0.2) is 0 Å². The van der Waals surface area contributed by atoms with Crippen LogP contribution in [0, 0.1) is 0 Å². The zero-order chi connectivity index (χ0) is 11.4. The lowest BCUT2D eigenvalue weighted by atomic mass is 10.1. The van der Waals surface area contributed by atoms with Gasteiger partial charge < -0.3 is 4.74 Å². The van der Waals surface area contributed by atoms with E-state index in [1.165, 1.54) is 0 Å². The first kappa shape index (κ1) is 10.8. The van der Waals surface area contributed by atoms with E-state index in [0.717, 1.165) is 22.6 Å². The second-order valence-electron chi connectivity index (χ2n) is 3.38. The third kappa shape index (κ3) is 2.12. The van der Waals surface area contributed by atoms with Crippen molar-refractivity contribution in [3.8, 4) is 16.9 Å². The van der Waals surface area contributed by atoms with Crippen LogP contribution in [-0.2, 0) is 0 Å². The maximum Gasteiger partial charge on any atom is 0.143 e. The molecule has 0 fully saturated rings. The molecular weight excluding hydrogens is 222 g/mol. The van der Waals surface area contributed by atoms with E-state index >= 15 is 0 Å². The van der Waals surface area contributed by atoms with Gasteiger partial charge >= 0.3 is 0 Å². The summed E-state index contributed by atoms with van der Waals surface area (Å²) in [6.07, 6.45) is 0. The van der Waals surface area contributed by atoms with Gasteiger partial charge in [0, 0.05) is 11.8 Å². The second-order valence-corrected chi connectivity index (χ2v) is 3.56. The van der Waals surface area contributed by atoms with E-state index in [1.54, 1.807) is 7.11 Å². The summed E-state index contributed by atoms with van der Waals surface area (Å²) < 4.78 is 5.18. The summed E-state index contributed by atoms with van der Waals surface area (Å²) in [6.45, 7) is 0. The molecule has 2 aromatic carbocycles. The summed E-state index contributed by atoms with van der Waals surface area (Å²) in [5.41, 5.74) is 3.02. The normalized spacial score (nSPS) is 9.88. The number of ether oxygens (including phenoxy) is 1. The molecule has 0 aliphatic heterocycles. The van der Waals surface area contributed by atoms with Crippen LogP contribution in [0.2, 0.25) is 0 Å². The van der Waals surface area contributed by atoms with E-state index in [2.05, 4.69) is 17.0 Å². The summed E-state index contributed by atoms with van der Waals surface area (Å²) in [5, 5.41) is 0. The molecule has 0 atom stereocenters. The number of nitrogens with one attached hydrogen (secondary N) is 1. The smallest absolute Gasteiger partial charge is 0.143 e. The first-order chi connectivity index (χ1) is 7.85. The molecule has 2 nitrogen and oxygen atoms in total. The predicted molar refractivity (Wildman–Crippen MR) is 67.9 cm³/mol. The quantitative estimate of drug-likeness (QED) is 0.812. The number of hydrogen-bond donors (Lipinski definition) is 1. The van der Waals surface area contributed by atoms with Crippen molar-refractivity contribution in [2.45, 2.75) is 0 Å². The molecule has 0 saturated carbocycles. The number of benzene rings is 2. The van der Waals surface area contributed by atoms with E-state index in [1.807, 2.05) is 36.4 Å². The van der Waals surface area contributed by atoms with Crippen molar-refractivity contribution < 1.29 is 4.74 Å². The number of rotatable bonds is 3. The molecular formula is C13H12ClNO. The summed E-state index contributed by atoms with van der Waals surface area (Å²) in [4.78, 5) is 2.60. The molecule has 1 N–H and O–H groups in total. The molecule has 0 heterocycles. The van der Waals surface area contributed by atoms with Gasteiger partial charge in [0.1, 0.15) is 5.75 Å². The van der Waals surface area contributed by atoms with Crippen molar-refractivity contribution >= 4 is 17.5 Å². The fourth-order valence-corrected chi connectivity index (χ4v) is 1.74. The van der Waals surface area contributed by atoms with E-state index in [4.69, 9.17) is 16.5 Å². The van der Waals surface area contributed by atoms with Crippen molar-refractivity contribution in [3.05, 3.63) is 48.5 Å². The molecule has 16 heavy (non-hydrogen) atoms. The fourth-order valence-electron chi connectivity index (χ4n) is 1.59. The van der Waals surface area contributed by atoms with Crippen molar-refractivity contribution in [2.24, 2.45) is 0 Å². The van der Waals surface area contributed by atoms with Gasteiger partial charge in [0.25, 0.3) is 0 Å². The lowest BCUT2D eigenvalue weighted by Crippen LogP contribution is -1.90. The third-order valence-corrected chi connectivity index (χ3v) is 2.61. The Labute approximate surface area is 99.9 Å². The number of anilines is 1. The number of hydrogen-bond acceptors (Lipinski definition) is 2. The molecule has 0 amide bonds. The molecule has 0 saturated heterocycles. The fraction of sp³-hybridized carbons (Fsp3) is 0.0769. The Hall–Kier alpha value is -1.67. The molecule has 0 aliphatic carbocycles. The third-order valence-electron chi connectivity index (χ3n) is 2.41. The minimum atomic E-state index is 0.731. The Kier molecular flexibility index (Phi) is 3.32. The molecule has 0 aliphatic rings. The molecule has 3 heteroatoms. The maximum absolute atomic E-state index is 5.64. The minimum absolute atomic E-state index is 0.731. The summed E-state index contributed by atoms with van der Waals surface area (Å²) >= 11 is 5.64. The Morgan fingerprint density at radius 1 is 1.00 bits per heavy atom. The van der Waals surface area contributed by atoms with Crippen LogP contribution in [0.1, 0.15) is 0 Å². The molecule has 0 radical (unpaired) electrons. The van der Waals surface area contributed by atoms with E-state index in [0.29, 0.717) is 0 Å². The molecule has 82 valence electrons. The lowest BCUT2D eigenvalue weighted by molar-refractivity contribution is 0.417. The SMILES string of the molecule is COc1ccc(-c2ccccc2)cc1NCl. The van der Waals surface area contributed by atoms with Crippen molar-refractivity contribution in [1.82, 2.24) is 0 Å². The van der Waals surface area contributed by atoms with Crippen LogP contribution < -0.4 is 9.57 Å². The van der Waals surface area contributed by atoms with Gasteiger partial charge in [0.15, 0.2) is 0 Å². The highest BCUT2D eigenvalue weighted by atomic mass is 35.5. The van der Waals surface area contributed by atoms with Crippen molar-refractivity contribution in [1.29, 1.82) is 0 Å². The van der Waals surface area contributed by atoms with Crippen LogP contribution in [0.3, 0.4) is 0 Å². The zero-order valence-electron chi connectivity index (χ0n) is 8.91. The van der Waals surface area contributed by atoms with Gasteiger partial charge in [-0.1, -0.05) is 36.4 Å². The second kappa shape index (κ2) is 4.90. The van der Waals surface area contributed by atoms with Crippen LogP contribution in [0.25, 0.3) is 11.1 Å². The molecule has 2 rings (SSSR count). The van der Waals surface area contributed by atoms with Gasteiger partial charge in [-0.15, -0.1) is 0 Å². The number of halogens is 1. The average molecular weight is 234 g/mol. The number of methoxy groups -OCH3 is 1. The Bertz CT molecular complexity index is 471.